The van der Waals surface area contributed by atoms with Gasteiger partial charge >= 0.3 is 0 Å². The number of rotatable bonds is 2. The SMILES string of the molecule is CN1C=NC(CCN)C1. The van der Waals surface area contributed by atoms with E-state index in [9.17, 15) is 0 Å². The summed E-state index contributed by atoms with van der Waals surface area (Å²) in [5, 5.41) is 0. The Hall–Kier alpha value is -0.570. The van der Waals surface area contributed by atoms with Crippen LogP contribution >= 0.6 is 0 Å². The lowest BCUT2D eigenvalue weighted by atomic mass is 10.2. The van der Waals surface area contributed by atoms with Crippen LogP contribution in [-0.2, 0) is 0 Å². The number of aliphatic imine (C=N–C) groups is 1. The number of likely N-dealkylation sites (N-methyl/N-ethyl adjacent to an activating group) is 1. The van der Waals surface area contributed by atoms with Crippen LogP contribution in [0.4, 0.5) is 0 Å². The van der Waals surface area contributed by atoms with E-state index in [0.717, 1.165) is 19.5 Å². The Labute approximate surface area is 55.6 Å². The van der Waals surface area contributed by atoms with E-state index < -0.39 is 0 Å². The van der Waals surface area contributed by atoms with Crippen LogP contribution in [0.25, 0.3) is 0 Å². The molecule has 1 rings (SSSR count). The van der Waals surface area contributed by atoms with E-state index in [1.165, 1.54) is 0 Å². The average molecular weight is 127 g/mol. The zero-order chi connectivity index (χ0) is 6.69. The molecule has 1 aliphatic rings. The molecule has 0 aromatic heterocycles. The molecule has 1 unspecified atom stereocenters. The number of nitrogens with two attached hydrogens (primary N) is 1. The van der Waals surface area contributed by atoms with Crippen LogP contribution in [0.1, 0.15) is 6.42 Å². The molecular formula is C6H13N3. The molecule has 0 saturated carbocycles. The fourth-order valence-electron chi connectivity index (χ4n) is 0.993. The second kappa shape index (κ2) is 2.82. The van der Waals surface area contributed by atoms with Crippen molar-refractivity contribution in [1.29, 1.82) is 0 Å². The molecule has 3 nitrogen and oxygen atoms in total. The molecule has 0 radical (unpaired) electrons. The van der Waals surface area contributed by atoms with Crippen LogP contribution < -0.4 is 5.73 Å². The van der Waals surface area contributed by atoms with E-state index in [1.807, 2.05) is 13.4 Å². The summed E-state index contributed by atoms with van der Waals surface area (Å²) in [4.78, 5) is 6.31. The summed E-state index contributed by atoms with van der Waals surface area (Å²) in [5.74, 6) is 0. The van der Waals surface area contributed by atoms with Crippen LogP contribution in [0.3, 0.4) is 0 Å². The molecule has 0 fully saturated rings. The van der Waals surface area contributed by atoms with Crippen molar-refractivity contribution >= 4 is 6.34 Å². The predicted octanol–water partition coefficient (Wildman–Crippen LogP) is -0.323. The lowest BCUT2D eigenvalue weighted by Crippen LogP contribution is -2.20. The van der Waals surface area contributed by atoms with Crippen LogP contribution in [0.5, 0.6) is 0 Å². The predicted molar refractivity (Wildman–Crippen MR) is 38.6 cm³/mol. The standard InChI is InChI=1S/C6H13N3/c1-9-4-6(2-3-7)8-5-9/h5-6H,2-4,7H2,1H3. The largest absolute Gasteiger partial charge is 0.364 e. The Morgan fingerprint density at radius 1 is 1.89 bits per heavy atom. The Morgan fingerprint density at radius 2 is 2.67 bits per heavy atom. The van der Waals surface area contributed by atoms with Gasteiger partial charge in [0.1, 0.15) is 0 Å². The third-order valence-electron chi connectivity index (χ3n) is 1.47. The molecule has 9 heavy (non-hydrogen) atoms. The van der Waals surface area contributed by atoms with Gasteiger partial charge in [-0.25, -0.2) is 0 Å². The van der Waals surface area contributed by atoms with Gasteiger partial charge in [0.25, 0.3) is 0 Å². The minimum absolute atomic E-state index is 0.458. The van der Waals surface area contributed by atoms with Crippen molar-refractivity contribution in [2.45, 2.75) is 12.5 Å². The molecule has 0 spiro atoms. The molecule has 0 amide bonds. The maximum atomic E-state index is 5.36. The minimum atomic E-state index is 0.458. The van der Waals surface area contributed by atoms with E-state index in [2.05, 4.69) is 9.89 Å². The first kappa shape index (κ1) is 6.55. The van der Waals surface area contributed by atoms with Crippen molar-refractivity contribution in [3.63, 3.8) is 0 Å². The minimum Gasteiger partial charge on any atom is -0.364 e. The van der Waals surface area contributed by atoms with Crippen LogP contribution in [0.2, 0.25) is 0 Å². The summed E-state index contributed by atoms with van der Waals surface area (Å²) < 4.78 is 0. The van der Waals surface area contributed by atoms with E-state index in [-0.39, 0.29) is 0 Å². The van der Waals surface area contributed by atoms with E-state index in [1.54, 1.807) is 0 Å². The molecule has 1 aliphatic heterocycles. The normalized spacial score (nSPS) is 25.6. The monoisotopic (exact) mass is 127 g/mol. The second-order valence-corrected chi connectivity index (χ2v) is 2.44. The van der Waals surface area contributed by atoms with Gasteiger partial charge in [-0.15, -0.1) is 0 Å². The lowest BCUT2D eigenvalue weighted by molar-refractivity contribution is 0.491. The van der Waals surface area contributed by atoms with E-state index >= 15 is 0 Å². The van der Waals surface area contributed by atoms with Crippen molar-refractivity contribution in [2.75, 3.05) is 20.1 Å². The van der Waals surface area contributed by atoms with Gasteiger partial charge in [0.2, 0.25) is 0 Å². The van der Waals surface area contributed by atoms with Crippen LogP contribution in [-0.4, -0.2) is 37.4 Å². The molecular weight excluding hydrogens is 114 g/mol. The van der Waals surface area contributed by atoms with E-state index in [4.69, 9.17) is 5.73 Å². The van der Waals surface area contributed by atoms with Crippen molar-refractivity contribution in [3.8, 4) is 0 Å². The van der Waals surface area contributed by atoms with Crippen molar-refractivity contribution in [2.24, 2.45) is 10.7 Å². The molecule has 3 heteroatoms. The highest BCUT2D eigenvalue weighted by molar-refractivity contribution is 5.57. The Balaban J connectivity index is 2.24. The zero-order valence-electron chi connectivity index (χ0n) is 5.75. The maximum absolute atomic E-state index is 5.36. The Bertz CT molecular complexity index is 111. The highest BCUT2D eigenvalue weighted by atomic mass is 15.2. The highest BCUT2D eigenvalue weighted by Gasteiger charge is 2.11. The third-order valence-corrected chi connectivity index (χ3v) is 1.47. The number of hydrogen-bond acceptors (Lipinski definition) is 3. The summed E-state index contributed by atoms with van der Waals surface area (Å²) >= 11 is 0. The maximum Gasteiger partial charge on any atom is 0.0852 e. The molecule has 2 N–H and O–H groups in total. The lowest BCUT2D eigenvalue weighted by Gasteiger charge is -2.07. The molecule has 0 aromatic rings. The number of nitrogens with zero attached hydrogens (tertiary/aromatic N) is 2. The molecule has 0 bridgehead atoms. The molecule has 0 aromatic carbocycles. The van der Waals surface area contributed by atoms with Gasteiger partial charge < -0.3 is 10.6 Å². The molecule has 52 valence electrons. The average Bonchev–Trinajstić information content (AvgIpc) is 2.17. The van der Waals surface area contributed by atoms with Gasteiger partial charge in [0.15, 0.2) is 0 Å². The summed E-state index contributed by atoms with van der Waals surface area (Å²) in [5.41, 5.74) is 5.36. The highest BCUT2D eigenvalue weighted by Crippen LogP contribution is 2.03. The first-order chi connectivity index (χ1) is 4.33. The summed E-state index contributed by atoms with van der Waals surface area (Å²) in [6.07, 6.45) is 2.89. The smallest absolute Gasteiger partial charge is 0.0852 e. The quantitative estimate of drug-likeness (QED) is 0.552. The van der Waals surface area contributed by atoms with Crippen molar-refractivity contribution < 1.29 is 0 Å². The topological polar surface area (TPSA) is 41.6 Å². The van der Waals surface area contributed by atoms with Gasteiger partial charge in [-0.2, -0.15) is 0 Å². The second-order valence-electron chi connectivity index (χ2n) is 2.44. The fourth-order valence-corrected chi connectivity index (χ4v) is 0.993. The van der Waals surface area contributed by atoms with Crippen LogP contribution in [0, 0.1) is 0 Å². The Kier molecular flexibility index (Phi) is 2.05. The molecule has 1 atom stereocenters. The molecule has 0 saturated heterocycles. The van der Waals surface area contributed by atoms with Gasteiger partial charge in [0.05, 0.1) is 12.4 Å². The van der Waals surface area contributed by atoms with Gasteiger partial charge in [-0.3, -0.25) is 4.99 Å². The van der Waals surface area contributed by atoms with Gasteiger partial charge in [0, 0.05) is 13.6 Å². The van der Waals surface area contributed by atoms with Crippen LogP contribution in [0.15, 0.2) is 4.99 Å². The van der Waals surface area contributed by atoms with Crippen molar-refractivity contribution in [3.05, 3.63) is 0 Å². The van der Waals surface area contributed by atoms with E-state index in [0.29, 0.717) is 6.04 Å². The number of hydrogen-bond donors (Lipinski definition) is 1. The van der Waals surface area contributed by atoms with Crippen molar-refractivity contribution in [1.82, 2.24) is 4.90 Å². The van der Waals surface area contributed by atoms with Gasteiger partial charge in [-0.05, 0) is 13.0 Å². The summed E-state index contributed by atoms with van der Waals surface area (Å²) in [7, 11) is 2.03. The summed E-state index contributed by atoms with van der Waals surface area (Å²) in [6, 6.07) is 0.458. The molecule has 1 heterocycles. The third kappa shape index (κ3) is 1.68. The fraction of sp³-hybridized carbons (Fsp3) is 0.833. The zero-order valence-corrected chi connectivity index (χ0v) is 5.75. The molecule has 0 aliphatic carbocycles. The first-order valence-electron chi connectivity index (χ1n) is 3.26. The Morgan fingerprint density at radius 3 is 3.11 bits per heavy atom. The summed E-state index contributed by atoms with van der Waals surface area (Å²) in [6.45, 7) is 1.78. The first-order valence-corrected chi connectivity index (χ1v) is 3.26. The van der Waals surface area contributed by atoms with Gasteiger partial charge in [-0.1, -0.05) is 0 Å².